The first kappa shape index (κ1) is 19.1. The second-order valence-corrected chi connectivity index (χ2v) is 5.35. The highest BCUT2D eigenvalue weighted by Gasteiger charge is 2.36. The van der Waals surface area contributed by atoms with E-state index in [9.17, 15) is 13.2 Å². The van der Waals surface area contributed by atoms with Crippen LogP contribution in [-0.4, -0.2) is 44.4 Å². The van der Waals surface area contributed by atoms with Gasteiger partial charge >= 0.3 is 6.18 Å². The van der Waals surface area contributed by atoms with Crippen LogP contribution in [0.25, 0.3) is 0 Å². The number of methoxy groups -OCH3 is 1. The van der Waals surface area contributed by atoms with E-state index in [0.29, 0.717) is 24.4 Å². The van der Waals surface area contributed by atoms with Crippen LogP contribution in [0.4, 0.5) is 13.2 Å². The first-order chi connectivity index (χ1) is 9.90. The molecule has 22 heavy (non-hydrogen) atoms. The molecule has 0 unspecified atom stereocenters. The van der Waals surface area contributed by atoms with Crippen molar-refractivity contribution in [2.45, 2.75) is 25.6 Å². The normalized spacial score (nSPS) is 17.7. The zero-order chi connectivity index (χ0) is 15.5. The first-order valence-corrected chi connectivity index (χ1v) is 7.07. The fraction of sp³-hybridized carbons (Fsp3) is 0.600. The number of aryl methyl sites for hydroxylation is 1. The Labute approximate surface area is 135 Å². The summed E-state index contributed by atoms with van der Waals surface area (Å²) in [6.07, 6.45) is -5.02. The van der Waals surface area contributed by atoms with Gasteiger partial charge < -0.3 is 10.1 Å². The largest absolute Gasteiger partial charge is 0.496 e. The Hall–Kier alpha value is -0.980. The number of nitrogens with one attached hydrogen (secondary N) is 1. The molecule has 3 nitrogen and oxygen atoms in total. The number of piperazine rings is 1. The zero-order valence-corrected chi connectivity index (χ0v) is 13.6. The third-order valence-electron chi connectivity index (χ3n) is 3.83. The lowest BCUT2D eigenvalue weighted by molar-refractivity contribution is -0.148. The van der Waals surface area contributed by atoms with Gasteiger partial charge in [0.2, 0.25) is 0 Å². The fourth-order valence-corrected chi connectivity index (χ4v) is 2.71. The minimum absolute atomic E-state index is 0. The Balaban J connectivity index is 0.00000242. The van der Waals surface area contributed by atoms with E-state index < -0.39 is 18.6 Å². The van der Waals surface area contributed by atoms with Gasteiger partial charge in [-0.25, -0.2) is 0 Å². The average molecular weight is 339 g/mol. The van der Waals surface area contributed by atoms with Crippen molar-refractivity contribution in [1.29, 1.82) is 0 Å². The Morgan fingerprint density at radius 2 is 1.91 bits per heavy atom. The first-order valence-electron chi connectivity index (χ1n) is 7.07. The number of hydrogen-bond acceptors (Lipinski definition) is 3. The lowest BCUT2D eigenvalue weighted by Gasteiger charge is -2.35. The number of ether oxygens (including phenoxy) is 1. The van der Waals surface area contributed by atoms with Crippen molar-refractivity contribution in [1.82, 2.24) is 10.2 Å². The van der Waals surface area contributed by atoms with Crippen molar-refractivity contribution in [3.63, 3.8) is 0 Å². The molecule has 0 aromatic heterocycles. The predicted molar refractivity (Wildman–Crippen MR) is 82.8 cm³/mol. The van der Waals surface area contributed by atoms with Crippen molar-refractivity contribution >= 4 is 12.4 Å². The van der Waals surface area contributed by atoms with E-state index in [1.807, 2.05) is 17.9 Å². The van der Waals surface area contributed by atoms with E-state index in [1.165, 1.54) is 7.11 Å². The molecule has 1 aromatic carbocycles. The van der Waals surface area contributed by atoms with Gasteiger partial charge in [-0.3, -0.25) is 4.90 Å². The third-order valence-corrected chi connectivity index (χ3v) is 3.83. The van der Waals surface area contributed by atoms with Gasteiger partial charge in [-0.1, -0.05) is 12.1 Å². The molecule has 2 rings (SSSR count). The van der Waals surface area contributed by atoms with Crippen molar-refractivity contribution in [3.8, 4) is 5.75 Å². The standard InChI is InChI=1S/C15H21F3N2O.ClH/c1-11-3-4-12(9-14(11)21-2)13(10-15(16,17)18)20-7-5-19-6-8-20;/h3-4,9,13,19H,5-8,10H2,1-2H3;1H/t13-;/m0./s1. The van der Waals surface area contributed by atoms with E-state index in [2.05, 4.69) is 5.32 Å². The maximum absolute atomic E-state index is 12.9. The molecule has 0 amide bonds. The number of nitrogens with zero attached hydrogens (tertiary/aromatic N) is 1. The minimum atomic E-state index is -4.19. The number of benzene rings is 1. The van der Waals surface area contributed by atoms with Crippen LogP contribution in [0.2, 0.25) is 0 Å². The third kappa shape index (κ3) is 5.04. The molecular formula is C15H22ClF3N2O. The summed E-state index contributed by atoms with van der Waals surface area (Å²) in [7, 11) is 1.54. The molecule has 0 saturated carbocycles. The Kier molecular flexibility index (Phi) is 6.97. The molecule has 1 atom stereocenters. The summed E-state index contributed by atoms with van der Waals surface area (Å²) in [6.45, 7) is 4.56. The van der Waals surface area contributed by atoms with Crippen molar-refractivity contribution in [2.75, 3.05) is 33.3 Å². The average Bonchev–Trinajstić information content (AvgIpc) is 2.45. The van der Waals surface area contributed by atoms with Crippen molar-refractivity contribution < 1.29 is 17.9 Å². The van der Waals surface area contributed by atoms with Crippen LogP contribution in [0.1, 0.15) is 23.6 Å². The Morgan fingerprint density at radius 3 is 2.45 bits per heavy atom. The van der Waals surface area contributed by atoms with Gasteiger partial charge in [0.15, 0.2) is 0 Å². The number of rotatable bonds is 4. The van der Waals surface area contributed by atoms with Crippen LogP contribution in [0, 0.1) is 6.92 Å². The molecule has 1 N–H and O–H groups in total. The lowest BCUT2D eigenvalue weighted by Crippen LogP contribution is -2.46. The predicted octanol–water partition coefficient (Wildman–Crippen LogP) is 3.32. The molecule has 1 aliphatic heterocycles. The van der Waals surface area contributed by atoms with Gasteiger partial charge in [-0.15, -0.1) is 12.4 Å². The monoisotopic (exact) mass is 338 g/mol. The molecule has 0 aliphatic carbocycles. The topological polar surface area (TPSA) is 24.5 Å². The highest BCUT2D eigenvalue weighted by molar-refractivity contribution is 5.85. The second-order valence-electron chi connectivity index (χ2n) is 5.35. The molecule has 1 aliphatic rings. The van der Waals surface area contributed by atoms with E-state index in [4.69, 9.17) is 4.74 Å². The minimum Gasteiger partial charge on any atom is -0.496 e. The highest BCUT2D eigenvalue weighted by atomic mass is 35.5. The van der Waals surface area contributed by atoms with Gasteiger partial charge in [0.25, 0.3) is 0 Å². The molecule has 0 bridgehead atoms. The van der Waals surface area contributed by atoms with Gasteiger partial charge in [0.1, 0.15) is 5.75 Å². The van der Waals surface area contributed by atoms with Crippen molar-refractivity contribution in [3.05, 3.63) is 29.3 Å². The van der Waals surface area contributed by atoms with Crippen LogP contribution in [-0.2, 0) is 0 Å². The zero-order valence-electron chi connectivity index (χ0n) is 12.7. The maximum atomic E-state index is 12.9. The van der Waals surface area contributed by atoms with Crippen LogP contribution in [0.5, 0.6) is 5.75 Å². The fourth-order valence-electron chi connectivity index (χ4n) is 2.71. The summed E-state index contributed by atoms with van der Waals surface area (Å²) in [5.74, 6) is 0.634. The van der Waals surface area contributed by atoms with Gasteiger partial charge in [-0.2, -0.15) is 13.2 Å². The summed E-state index contributed by atoms with van der Waals surface area (Å²) in [5.41, 5.74) is 1.59. The lowest BCUT2D eigenvalue weighted by atomic mass is 9.99. The molecular weight excluding hydrogens is 317 g/mol. The molecule has 1 fully saturated rings. The molecule has 0 spiro atoms. The quantitative estimate of drug-likeness (QED) is 0.911. The smallest absolute Gasteiger partial charge is 0.390 e. The summed E-state index contributed by atoms with van der Waals surface area (Å²) >= 11 is 0. The van der Waals surface area contributed by atoms with Gasteiger partial charge in [-0.05, 0) is 24.1 Å². The highest BCUT2D eigenvalue weighted by Crippen LogP contribution is 2.35. The van der Waals surface area contributed by atoms with Crippen molar-refractivity contribution in [2.24, 2.45) is 0 Å². The maximum Gasteiger partial charge on any atom is 0.390 e. The summed E-state index contributed by atoms with van der Waals surface area (Å²) in [6, 6.07) is 4.67. The number of hydrogen-bond donors (Lipinski definition) is 1. The van der Waals surface area contributed by atoms with Gasteiger partial charge in [0, 0.05) is 32.2 Å². The van der Waals surface area contributed by atoms with Gasteiger partial charge in [0.05, 0.1) is 13.5 Å². The number of alkyl halides is 3. The SMILES string of the molecule is COc1cc([C@H](CC(F)(F)F)N2CCNCC2)ccc1C.Cl. The van der Waals surface area contributed by atoms with E-state index in [1.54, 1.807) is 12.1 Å². The Morgan fingerprint density at radius 1 is 1.27 bits per heavy atom. The van der Waals surface area contributed by atoms with Crippen LogP contribution >= 0.6 is 12.4 Å². The van der Waals surface area contributed by atoms with E-state index >= 15 is 0 Å². The number of halogens is 4. The summed E-state index contributed by atoms with van der Waals surface area (Å²) in [4.78, 5) is 1.90. The molecule has 0 radical (unpaired) electrons. The van der Waals surface area contributed by atoms with Crippen LogP contribution in [0.15, 0.2) is 18.2 Å². The summed E-state index contributed by atoms with van der Waals surface area (Å²) in [5, 5.41) is 3.17. The molecule has 1 saturated heterocycles. The van der Waals surface area contributed by atoms with E-state index in [0.717, 1.165) is 18.7 Å². The van der Waals surface area contributed by atoms with E-state index in [-0.39, 0.29) is 12.4 Å². The Bertz CT molecular complexity index is 476. The molecule has 7 heteroatoms. The second kappa shape index (κ2) is 8.04. The summed E-state index contributed by atoms with van der Waals surface area (Å²) < 4.78 is 44.0. The van der Waals surface area contributed by atoms with Crippen LogP contribution < -0.4 is 10.1 Å². The molecule has 126 valence electrons. The van der Waals surface area contributed by atoms with Crippen LogP contribution in [0.3, 0.4) is 0 Å². The molecule has 1 heterocycles. The molecule has 1 aromatic rings.